The summed E-state index contributed by atoms with van der Waals surface area (Å²) in [7, 11) is -3.95. The molecule has 0 radical (unpaired) electrons. The fraction of sp³-hybridized carbons (Fsp3) is 0.417. The van der Waals surface area contributed by atoms with Crippen LogP contribution in [0.25, 0.3) is 0 Å². The number of nitrogens with one attached hydrogen (secondary N) is 1. The van der Waals surface area contributed by atoms with Crippen LogP contribution in [0.2, 0.25) is 0 Å². The van der Waals surface area contributed by atoms with Crippen LogP contribution in [0.4, 0.5) is 5.69 Å². The Bertz CT molecular complexity index is 608. The summed E-state index contributed by atoms with van der Waals surface area (Å²) in [6, 6.07) is 3.34. The number of hydrogen-bond acceptors (Lipinski definition) is 5. The van der Waals surface area contributed by atoms with Crippen molar-refractivity contribution in [1.29, 1.82) is 0 Å². The SMILES string of the molecule is Nc1ccc(C(=O)O)c(S(=O)(=O)NC2CCCOC2)c1. The zero-order valence-electron chi connectivity index (χ0n) is 10.7. The number of nitrogen functional groups attached to an aromatic ring is 1. The number of carbonyl (C=O) groups is 1. The van der Waals surface area contributed by atoms with Crippen molar-refractivity contribution in [2.45, 2.75) is 23.8 Å². The highest BCUT2D eigenvalue weighted by Gasteiger charge is 2.26. The quantitative estimate of drug-likeness (QED) is 0.694. The summed E-state index contributed by atoms with van der Waals surface area (Å²) in [4.78, 5) is 10.8. The number of rotatable bonds is 4. The predicted molar refractivity (Wildman–Crippen MR) is 72.0 cm³/mol. The van der Waals surface area contributed by atoms with Crippen molar-refractivity contribution in [2.24, 2.45) is 0 Å². The normalized spacial score (nSPS) is 19.7. The predicted octanol–water partition coefficient (Wildman–Crippen LogP) is 0.424. The van der Waals surface area contributed by atoms with Gasteiger partial charge in [-0.2, -0.15) is 0 Å². The van der Waals surface area contributed by atoms with Crippen LogP contribution in [0, 0.1) is 0 Å². The Morgan fingerprint density at radius 2 is 2.20 bits per heavy atom. The lowest BCUT2D eigenvalue weighted by Gasteiger charge is -2.23. The van der Waals surface area contributed by atoms with Crippen molar-refractivity contribution in [3.8, 4) is 0 Å². The zero-order valence-corrected chi connectivity index (χ0v) is 11.5. The molecule has 8 heteroatoms. The van der Waals surface area contributed by atoms with E-state index in [4.69, 9.17) is 15.6 Å². The van der Waals surface area contributed by atoms with Gasteiger partial charge in [-0.1, -0.05) is 0 Å². The van der Waals surface area contributed by atoms with Crippen molar-refractivity contribution < 1.29 is 23.1 Å². The summed E-state index contributed by atoms with van der Waals surface area (Å²) in [6.45, 7) is 0.890. The number of ether oxygens (including phenoxy) is 1. The van der Waals surface area contributed by atoms with Gasteiger partial charge in [0.05, 0.1) is 17.1 Å². The lowest BCUT2D eigenvalue weighted by atomic mass is 10.1. The first-order valence-corrected chi connectivity index (χ1v) is 7.61. The molecule has 1 aromatic rings. The minimum absolute atomic E-state index is 0.190. The third-order valence-corrected chi connectivity index (χ3v) is 4.57. The molecule has 0 spiro atoms. The molecule has 0 saturated carbocycles. The van der Waals surface area contributed by atoms with Crippen molar-refractivity contribution in [2.75, 3.05) is 18.9 Å². The number of anilines is 1. The molecule has 7 nitrogen and oxygen atoms in total. The van der Waals surface area contributed by atoms with Gasteiger partial charge in [0.25, 0.3) is 0 Å². The second-order valence-corrected chi connectivity index (χ2v) is 6.28. The molecule has 0 bridgehead atoms. The van der Waals surface area contributed by atoms with Crippen LogP contribution in [0.15, 0.2) is 23.1 Å². The minimum Gasteiger partial charge on any atom is -0.478 e. The van der Waals surface area contributed by atoms with E-state index in [-0.39, 0.29) is 28.8 Å². The molecule has 1 fully saturated rings. The fourth-order valence-corrected chi connectivity index (χ4v) is 3.54. The van der Waals surface area contributed by atoms with E-state index in [0.29, 0.717) is 13.0 Å². The van der Waals surface area contributed by atoms with E-state index in [0.717, 1.165) is 12.5 Å². The number of hydrogen-bond donors (Lipinski definition) is 3. The van der Waals surface area contributed by atoms with Crippen molar-refractivity contribution in [3.05, 3.63) is 23.8 Å². The Labute approximate surface area is 116 Å². The highest BCUT2D eigenvalue weighted by Crippen LogP contribution is 2.20. The Balaban J connectivity index is 2.32. The molecule has 1 unspecified atom stereocenters. The van der Waals surface area contributed by atoms with E-state index in [1.54, 1.807) is 0 Å². The molecule has 0 aromatic heterocycles. The van der Waals surface area contributed by atoms with Crippen LogP contribution in [-0.2, 0) is 14.8 Å². The topological polar surface area (TPSA) is 119 Å². The van der Waals surface area contributed by atoms with Crippen molar-refractivity contribution in [3.63, 3.8) is 0 Å². The zero-order chi connectivity index (χ0) is 14.8. The second kappa shape index (κ2) is 5.78. The molecule has 2 rings (SSSR count). The molecule has 1 heterocycles. The first-order valence-electron chi connectivity index (χ1n) is 6.13. The first kappa shape index (κ1) is 14.8. The Morgan fingerprint density at radius 3 is 2.80 bits per heavy atom. The molecule has 1 saturated heterocycles. The molecular weight excluding hydrogens is 284 g/mol. The van der Waals surface area contributed by atoms with Crippen molar-refractivity contribution >= 4 is 21.7 Å². The molecule has 1 aromatic carbocycles. The average Bonchev–Trinajstić information content (AvgIpc) is 2.39. The average molecular weight is 300 g/mol. The van der Waals surface area contributed by atoms with Gasteiger partial charge in [-0.05, 0) is 31.0 Å². The molecule has 110 valence electrons. The maximum Gasteiger partial charge on any atom is 0.337 e. The van der Waals surface area contributed by atoms with Crippen LogP contribution in [0.3, 0.4) is 0 Å². The summed E-state index contributed by atoms with van der Waals surface area (Å²) >= 11 is 0. The Kier molecular flexibility index (Phi) is 4.26. The summed E-state index contributed by atoms with van der Waals surface area (Å²) in [6.07, 6.45) is 1.42. The number of carboxylic acid groups (broad SMARTS) is 1. The molecule has 4 N–H and O–H groups in total. The minimum atomic E-state index is -3.95. The first-order chi connectivity index (χ1) is 9.40. The van der Waals surface area contributed by atoms with Crippen LogP contribution in [0.5, 0.6) is 0 Å². The number of carboxylic acids is 1. The Hall–Kier alpha value is -1.64. The van der Waals surface area contributed by atoms with Gasteiger partial charge >= 0.3 is 5.97 Å². The van der Waals surface area contributed by atoms with E-state index in [1.807, 2.05) is 0 Å². The maximum absolute atomic E-state index is 12.3. The van der Waals surface area contributed by atoms with Gasteiger partial charge in [0.1, 0.15) is 0 Å². The van der Waals surface area contributed by atoms with Crippen LogP contribution < -0.4 is 10.5 Å². The summed E-state index contributed by atoms with van der Waals surface area (Å²) in [5.74, 6) is -1.31. The van der Waals surface area contributed by atoms with E-state index >= 15 is 0 Å². The van der Waals surface area contributed by atoms with Crippen LogP contribution >= 0.6 is 0 Å². The number of nitrogens with two attached hydrogens (primary N) is 1. The lowest BCUT2D eigenvalue weighted by Crippen LogP contribution is -2.41. The summed E-state index contributed by atoms with van der Waals surface area (Å²) in [5, 5.41) is 9.07. The molecule has 1 atom stereocenters. The van der Waals surface area contributed by atoms with Crippen LogP contribution in [-0.4, -0.2) is 38.7 Å². The third kappa shape index (κ3) is 3.27. The van der Waals surface area contributed by atoms with E-state index in [2.05, 4.69) is 4.72 Å². The number of sulfonamides is 1. The van der Waals surface area contributed by atoms with Gasteiger partial charge < -0.3 is 15.6 Å². The van der Waals surface area contributed by atoms with Crippen LogP contribution in [0.1, 0.15) is 23.2 Å². The van der Waals surface area contributed by atoms with Gasteiger partial charge in [-0.15, -0.1) is 0 Å². The smallest absolute Gasteiger partial charge is 0.337 e. The third-order valence-electron chi connectivity index (χ3n) is 3.01. The second-order valence-electron chi connectivity index (χ2n) is 4.60. The molecule has 1 aliphatic rings. The largest absolute Gasteiger partial charge is 0.478 e. The van der Waals surface area contributed by atoms with Gasteiger partial charge in [-0.25, -0.2) is 17.9 Å². The monoisotopic (exact) mass is 300 g/mol. The summed E-state index contributed by atoms with van der Waals surface area (Å²) < 4.78 is 32.2. The summed E-state index contributed by atoms with van der Waals surface area (Å²) in [5.41, 5.74) is 5.44. The maximum atomic E-state index is 12.3. The Morgan fingerprint density at radius 1 is 1.45 bits per heavy atom. The highest BCUT2D eigenvalue weighted by atomic mass is 32.2. The van der Waals surface area contributed by atoms with Gasteiger partial charge in [-0.3, -0.25) is 0 Å². The van der Waals surface area contributed by atoms with Gasteiger partial charge in [0.15, 0.2) is 0 Å². The number of aromatic carboxylic acids is 1. The highest BCUT2D eigenvalue weighted by molar-refractivity contribution is 7.89. The molecule has 0 amide bonds. The van der Waals surface area contributed by atoms with Gasteiger partial charge in [0, 0.05) is 18.3 Å². The van der Waals surface area contributed by atoms with Crippen molar-refractivity contribution in [1.82, 2.24) is 4.72 Å². The lowest BCUT2D eigenvalue weighted by molar-refractivity contribution is 0.0692. The fourth-order valence-electron chi connectivity index (χ4n) is 2.05. The number of benzene rings is 1. The van der Waals surface area contributed by atoms with Gasteiger partial charge in [0.2, 0.25) is 10.0 Å². The molecular formula is C12H16N2O5S. The van der Waals surface area contributed by atoms with E-state index < -0.39 is 16.0 Å². The molecule has 20 heavy (non-hydrogen) atoms. The molecule has 1 aliphatic heterocycles. The van der Waals surface area contributed by atoms with E-state index in [9.17, 15) is 13.2 Å². The molecule has 0 aliphatic carbocycles. The van der Waals surface area contributed by atoms with E-state index in [1.165, 1.54) is 12.1 Å². The standard InChI is InChI=1S/C12H16N2O5S/c13-8-3-4-10(12(15)16)11(6-8)20(17,18)14-9-2-1-5-19-7-9/h3-4,6,9,14H,1-2,5,7,13H2,(H,15,16).